The van der Waals surface area contributed by atoms with Gasteiger partial charge in [0.25, 0.3) is 5.91 Å². The van der Waals surface area contributed by atoms with Crippen LogP contribution in [0.1, 0.15) is 19.8 Å². The Bertz CT molecular complexity index is 765. The van der Waals surface area contributed by atoms with Gasteiger partial charge >= 0.3 is 0 Å². The lowest BCUT2D eigenvalue weighted by molar-refractivity contribution is -0.118. The highest BCUT2D eigenvalue weighted by atomic mass is 16.5. The third kappa shape index (κ3) is 3.55. The summed E-state index contributed by atoms with van der Waals surface area (Å²) in [6.07, 6.45) is 2.54. The zero-order valence-corrected chi connectivity index (χ0v) is 14.4. The molecule has 0 atom stereocenters. The van der Waals surface area contributed by atoms with E-state index in [1.54, 1.807) is 0 Å². The predicted octanol–water partition coefficient (Wildman–Crippen LogP) is 4.00. The number of anilines is 4. The predicted molar refractivity (Wildman–Crippen MR) is 101 cm³/mol. The van der Waals surface area contributed by atoms with Crippen molar-refractivity contribution < 1.29 is 9.53 Å². The number of amides is 1. The van der Waals surface area contributed by atoms with Crippen molar-refractivity contribution in [3.8, 4) is 5.75 Å². The number of ether oxygens (including phenoxy) is 1. The number of carbonyl (C=O) groups is 1. The molecule has 0 bridgehead atoms. The Balaban J connectivity index is 1.44. The molecule has 0 aromatic heterocycles. The maximum absolute atomic E-state index is 11.3. The molecule has 130 valence electrons. The van der Waals surface area contributed by atoms with Crippen molar-refractivity contribution >= 4 is 28.7 Å². The molecule has 5 nitrogen and oxygen atoms in total. The van der Waals surface area contributed by atoms with E-state index in [1.807, 2.05) is 18.2 Å². The molecule has 1 amide bonds. The highest BCUT2D eigenvalue weighted by molar-refractivity contribution is 5.95. The minimum Gasteiger partial charge on any atom is -0.482 e. The summed E-state index contributed by atoms with van der Waals surface area (Å²) in [4.78, 5) is 13.8. The van der Waals surface area contributed by atoms with Gasteiger partial charge in [-0.05, 0) is 55.2 Å². The lowest BCUT2D eigenvalue weighted by atomic mass is 9.99. The van der Waals surface area contributed by atoms with Gasteiger partial charge in [-0.1, -0.05) is 6.92 Å². The number of piperidine rings is 1. The Hall–Kier alpha value is -2.69. The van der Waals surface area contributed by atoms with Crippen LogP contribution in [0.2, 0.25) is 0 Å². The van der Waals surface area contributed by atoms with Gasteiger partial charge in [0.05, 0.1) is 5.69 Å². The van der Waals surface area contributed by atoms with Gasteiger partial charge < -0.3 is 20.3 Å². The molecule has 1 fully saturated rings. The van der Waals surface area contributed by atoms with E-state index in [0.29, 0.717) is 5.75 Å². The van der Waals surface area contributed by atoms with Gasteiger partial charge in [-0.15, -0.1) is 0 Å². The molecule has 0 radical (unpaired) electrons. The molecule has 0 saturated carbocycles. The maximum atomic E-state index is 11.3. The fourth-order valence-corrected chi connectivity index (χ4v) is 3.34. The summed E-state index contributed by atoms with van der Waals surface area (Å²) < 4.78 is 5.46. The normalized spacial score (nSPS) is 17.5. The van der Waals surface area contributed by atoms with Crippen LogP contribution >= 0.6 is 0 Å². The number of rotatable bonds is 3. The number of carbonyl (C=O) groups excluding carboxylic acids is 1. The molecule has 2 N–H and O–H groups in total. The first-order valence-corrected chi connectivity index (χ1v) is 8.86. The van der Waals surface area contributed by atoms with E-state index in [2.05, 4.69) is 46.7 Å². The van der Waals surface area contributed by atoms with Crippen LogP contribution < -0.4 is 20.3 Å². The molecule has 2 aliphatic rings. The lowest BCUT2D eigenvalue weighted by Gasteiger charge is -2.32. The number of fused-ring (bicyclic) bond motifs is 1. The van der Waals surface area contributed by atoms with E-state index < -0.39 is 0 Å². The lowest BCUT2D eigenvalue weighted by Crippen LogP contribution is -2.32. The Kier molecular flexibility index (Phi) is 4.22. The largest absolute Gasteiger partial charge is 0.482 e. The van der Waals surface area contributed by atoms with Gasteiger partial charge in [-0.3, -0.25) is 4.79 Å². The molecule has 2 aliphatic heterocycles. The maximum Gasteiger partial charge on any atom is 0.262 e. The van der Waals surface area contributed by atoms with Crippen molar-refractivity contribution in [1.29, 1.82) is 0 Å². The topological polar surface area (TPSA) is 53.6 Å². The van der Waals surface area contributed by atoms with Crippen molar-refractivity contribution in [3.63, 3.8) is 0 Å². The summed E-state index contributed by atoms with van der Waals surface area (Å²) >= 11 is 0. The summed E-state index contributed by atoms with van der Waals surface area (Å²) in [6.45, 7) is 4.68. The standard InChI is InChI=1S/C20H23N3O2/c1-14-8-10-23(11-9-14)17-5-2-15(3-6-17)21-16-4-7-18-19(12-16)25-13-20(24)22-18/h2-7,12,14,21H,8-11,13H2,1H3,(H,22,24). The third-order valence-corrected chi connectivity index (χ3v) is 4.92. The van der Waals surface area contributed by atoms with E-state index in [0.717, 1.165) is 36.1 Å². The molecule has 5 heteroatoms. The second-order valence-corrected chi connectivity index (χ2v) is 6.89. The molecule has 0 spiro atoms. The summed E-state index contributed by atoms with van der Waals surface area (Å²) in [6, 6.07) is 14.3. The second-order valence-electron chi connectivity index (χ2n) is 6.89. The molecule has 0 unspecified atom stereocenters. The van der Waals surface area contributed by atoms with Gasteiger partial charge in [0.1, 0.15) is 5.75 Å². The minimum atomic E-state index is -0.115. The molecular weight excluding hydrogens is 314 g/mol. The van der Waals surface area contributed by atoms with Crippen LogP contribution in [-0.4, -0.2) is 25.6 Å². The Morgan fingerprint density at radius 1 is 1.08 bits per heavy atom. The van der Waals surface area contributed by atoms with Crippen LogP contribution in [0.4, 0.5) is 22.7 Å². The minimum absolute atomic E-state index is 0.0690. The van der Waals surface area contributed by atoms with E-state index >= 15 is 0 Å². The Labute approximate surface area is 148 Å². The number of hydrogen-bond acceptors (Lipinski definition) is 4. The van der Waals surface area contributed by atoms with Gasteiger partial charge in [-0.25, -0.2) is 0 Å². The quantitative estimate of drug-likeness (QED) is 0.889. The van der Waals surface area contributed by atoms with Crippen molar-refractivity contribution in [2.45, 2.75) is 19.8 Å². The summed E-state index contributed by atoms with van der Waals surface area (Å²) in [5.74, 6) is 1.42. The Morgan fingerprint density at radius 3 is 2.56 bits per heavy atom. The number of benzene rings is 2. The Morgan fingerprint density at radius 2 is 1.80 bits per heavy atom. The van der Waals surface area contributed by atoms with Gasteiger partial charge in [-0.2, -0.15) is 0 Å². The van der Waals surface area contributed by atoms with E-state index in [-0.39, 0.29) is 12.5 Å². The highest BCUT2D eigenvalue weighted by Crippen LogP contribution is 2.32. The molecular formula is C20H23N3O2. The number of hydrogen-bond donors (Lipinski definition) is 2. The van der Waals surface area contributed by atoms with Crippen molar-refractivity contribution in [1.82, 2.24) is 0 Å². The highest BCUT2D eigenvalue weighted by Gasteiger charge is 2.17. The van der Waals surface area contributed by atoms with Crippen molar-refractivity contribution in [2.75, 3.05) is 35.2 Å². The SMILES string of the molecule is CC1CCN(c2ccc(Nc3ccc4c(c3)OCC(=O)N4)cc2)CC1. The number of nitrogens with one attached hydrogen (secondary N) is 2. The third-order valence-electron chi connectivity index (χ3n) is 4.92. The van der Waals surface area contributed by atoms with Gasteiger partial charge in [0.15, 0.2) is 6.61 Å². The fraction of sp³-hybridized carbons (Fsp3) is 0.350. The first-order valence-electron chi connectivity index (χ1n) is 8.86. The fourth-order valence-electron chi connectivity index (χ4n) is 3.34. The van der Waals surface area contributed by atoms with Crippen LogP contribution in [0.15, 0.2) is 42.5 Å². The summed E-state index contributed by atoms with van der Waals surface area (Å²) in [5, 5.41) is 6.19. The first kappa shape index (κ1) is 15.8. The van der Waals surface area contributed by atoms with E-state index in [9.17, 15) is 4.79 Å². The summed E-state index contributed by atoms with van der Waals surface area (Å²) in [7, 11) is 0. The molecule has 2 aromatic rings. The number of nitrogens with zero attached hydrogens (tertiary/aromatic N) is 1. The van der Waals surface area contributed by atoms with Gasteiger partial charge in [0, 0.05) is 36.2 Å². The zero-order chi connectivity index (χ0) is 17.2. The van der Waals surface area contributed by atoms with Crippen LogP contribution in [0.5, 0.6) is 5.75 Å². The molecule has 4 rings (SSSR count). The zero-order valence-electron chi connectivity index (χ0n) is 14.4. The summed E-state index contributed by atoms with van der Waals surface area (Å²) in [5.41, 5.74) is 3.98. The average Bonchev–Trinajstić information content (AvgIpc) is 2.63. The van der Waals surface area contributed by atoms with E-state index in [1.165, 1.54) is 18.5 Å². The smallest absolute Gasteiger partial charge is 0.262 e. The van der Waals surface area contributed by atoms with Crippen LogP contribution in [0.25, 0.3) is 0 Å². The molecule has 2 heterocycles. The first-order chi connectivity index (χ1) is 12.2. The molecule has 0 aliphatic carbocycles. The molecule has 2 aromatic carbocycles. The van der Waals surface area contributed by atoms with Crippen molar-refractivity contribution in [2.24, 2.45) is 5.92 Å². The average molecular weight is 337 g/mol. The molecule has 25 heavy (non-hydrogen) atoms. The van der Waals surface area contributed by atoms with E-state index in [4.69, 9.17) is 4.74 Å². The van der Waals surface area contributed by atoms with Crippen LogP contribution in [-0.2, 0) is 4.79 Å². The van der Waals surface area contributed by atoms with Crippen LogP contribution in [0.3, 0.4) is 0 Å². The van der Waals surface area contributed by atoms with Crippen LogP contribution in [0, 0.1) is 5.92 Å². The molecule has 1 saturated heterocycles. The van der Waals surface area contributed by atoms with Crippen molar-refractivity contribution in [3.05, 3.63) is 42.5 Å². The van der Waals surface area contributed by atoms with Gasteiger partial charge in [0.2, 0.25) is 0 Å². The monoisotopic (exact) mass is 337 g/mol. The second kappa shape index (κ2) is 6.67.